The van der Waals surface area contributed by atoms with Gasteiger partial charge in [0, 0.05) is 18.2 Å². The number of ether oxygens (including phenoxy) is 2. The lowest BCUT2D eigenvalue weighted by atomic mass is 9.78. The summed E-state index contributed by atoms with van der Waals surface area (Å²) in [5, 5.41) is -0.172. The molecular formula is C15H19BrClFO2. The highest BCUT2D eigenvalue weighted by Gasteiger charge is 2.32. The van der Waals surface area contributed by atoms with Crippen molar-refractivity contribution in [3.63, 3.8) is 0 Å². The molecule has 0 spiro atoms. The molecule has 20 heavy (non-hydrogen) atoms. The smallest absolute Gasteiger partial charge is 0.141 e. The normalized spacial score (nSPS) is 23.2. The van der Waals surface area contributed by atoms with E-state index in [0.29, 0.717) is 22.2 Å². The van der Waals surface area contributed by atoms with Crippen LogP contribution in [0.25, 0.3) is 0 Å². The lowest BCUT2D eigenvalue weighted by molar-refractivity contribution is -0.0267. The van der Waals surface area contributed by atoms with E-state index in [2.05, 4.69) is 15.9 Å². The van der Waals surface area contributed by atoms with Gasteiger partial charge in [0.15, 0.2) is 0 Å². The van der Waals surface area contributed by atoms with E-state index in [1.54, 1.807) is 6.07 Å². The van der Waals surface area contributed by atoms with Crippen molar-refractivity contribution in [1.82, 2.24) is 0 Å². The van der Waals surface area contributed by atoms with Crippen LogP contribution in [-0.4, -0.2) is 19.8 Å². The topological polar surface area (TPSA) is 18.5 Å². The van der Waals surface area contributed by atoms with Crippen LogP contribution in [0.4, 0.5) is 4.39 Å². The average molecular weight is 366 g/mol. The number of halogens is 3. The Labute approximate surface area is 132 Å². The number of methoxy groups -OCH3 is 1. The number of rotatable bonds is 6. The SMILES string of the molecule is CCOC1CC(CC(Cl)c2cc(Br)c(F)cc2OC)C1. The molecule has 2 nitrogen and oxygen atoms in total. The summed E-state index contributed by atoms with van der Waals surface area (Å²) in [4.78, 5) is 0. The van der Waals surface area contributed by atoms with Crippen LogP contribution in [0, 0.1) is 11.7 Å². The minimum absolute atomic E-state index is 0.172. The van der Waals surface area contributed by atoms with Crippen LogP contribution in [0.2, 0.25) is 0 Å². The molecule has 0 radical (unpaired) electrons. The van der Waals surface area contributed by atoms with Crippen molar-refractivity contribution in [3.05, 3.63) is 28.0 Å². The molecular weight excluding hydrogens is 347 g/mol. The Kier molecular flexibility index (Phi) is 5.70. The molecule has 2 rings (SSSR count). The molecule has 0 amide bonds. The predicted molar refractivity (Wildman–Crippen MR) is 82.0 cm³/mol. The predicted octanol–water partition coefficient (Wildman–Crippen LogP) is 5.08. The van der Waals surface area contributed by atoms with Gasteiger partial charge in [-0.2, -0.15) is 0 Å². The molecule has 0 saturated heterocycles. The summed E-state index contributed by atoms with van der Waals surface area (Å²) in [6.45, 7) is 2.78. The van der Waals surface area contributed by atoms with Crippen LogP contribution in [0.5, 0.6) is 5.75 Å². The lowest BCUT2D eigenvalue weighted by Crippen LogP contribution is -2.31. The first kappa shape index (κ1) is 16.1. The second-order valence-electron chi connectivity index (χ2n) is 5.13. The second kappa shape index (κ2) is 7.10. The molecule has 0 aromatic heterocycles. The molecule has 5 heteroatoms. The van der Waals surface area contributed by atoms with Gasteiger partial charge in [-0.25, -0.2) is 4.39 Å². The van der Waals surface area contributed by atoms with E-state index in [-0.39, 0.29) is 11.2 Å². The summed E-state index contributed by atoms with van der Waals surface area (Å²) < 4.78 is 24.7. The van der Waals surface area contributed by atoms with E-state index in [1.807, 2.05) is 6.92 Å². The van der Waals surface area contributed by atoms with Crippen LogP contribution in [0.1, 0.15) is 37.1 Å². The maximum Gasteiger partial charge on any atom is 0.141 e. The van der Waals surface area contributed by atoms with Crippen molar-refractivity contribution in [2.75, 3.05) is 13.7 Å². The summed E-state index contributed by atoms with van der Waals surface area (Å²) in [6.07, 6.45) is 3.36. The van der Waals surface area contributed by atoms with Gasteiger partial charge in [-0.1, -0.05) is 0 Å². The van der Waals surface area contributed by atoms with Crippen molar-refractivity contribution in [1.29, 1.82) is 0 Å². The summed E-state index contributed by atoms with van der Waals surface area (Å²) in [6, 6.07) is 3.09. The highest BCUT2D eigenvalue weighted by atomic mass is 79.9. The van der Waals surface area contributed by atoms with E-state index in [4.69, 9.17) is 21.1 Å². The maximum atomic E-state index is 13.5. The Morgan fingerprint density at radius 2 is 2.15 bits per heavy atom. The third kappa shape index (κ3) is 3.66. The van der Waals surface area contributed by atoms with Gasteiger partial charge in [0.05, 0.1) is 23.1 Å². The molecule has 0 heterocycles. The number of alkyl halides is 1. The first-order valence-electron chi connectivity index (χ1n) is 6.83. The fourth-order valence-electron chi connectivity index (χ4n) is 2.62. The molecule has 1 aromatic rings. The van der Waals surface area contributed by atoms with Gasteiger partial charge < -0.3 is 9.47 Å². The van der Waals surface area contributed by atoms with Crippen LogP contribution in [-0.2, 0) is 4.74 Å². The molecule has 0 N–H and O–H groups in total. The zero-order valence-corrected chi connectivity index (χ0v) is 14.0. The standard InChI is InChI=1S/C15H19BrClFO2/c1-3-20-10-4-9(5-10)6-13(17)11-7-12(16)14(18)8-15(11)19-2/h7-10,13H,3-6H2,1-2H3. The zero-order chi connectivity index (χ0) is 14.7. The number of hydrogen-bond donors (Lipinski definition) is 0. The molecule has 1 atom stereocenters. The van der Waals surface area contributed by atoms with E-state index in [1.165, 1.54) is 13.2 Å². The molecule has 0 aliphatic heterocycles. The summed E-state index contributed by atoms with van der Waals surface area (Å²) >= 11 is 9.68. The van der Waals surface area contributed by atoms with Gasteiger partial charge in [-0.15, -0.1) is 11.6 Å². The fraction of sp³-hybridized carbons (Fsp3) is 0.600. The van der Waals surface area contributed by atoms with Gasteiger partial charge in [0.1, 0.15) is 11.6 Å². The van der Waals surface area contributed by atoms with Crippen molar-refractivity contribution >= 4 is 27.5 Å². The third-order valence-corrected chi connectivity index (χ3v) is 4.77. The van der Waals surface area contributed by atoms with Crippen molar-refractivity contribution in [3.8, 4) is 5.75 Å². The second-order valence-corrected chi connectivity index (χ2v) is 6.51. The van der Waals surface area contributed by atoms with Gasteiger partial charge in [-0.3, -0.25) is 0 Å². The van der Waals surface area contributed by atoms with Gasteiger partial charge in [0.25, 0.3) is 0 Å². The van der Waals surface area contributed by atoms with Gasteiger partial charge in [0.2, 0.25) is 0 Å². The molecule has 1 fully saturated rings. The highest BCUT2D eigenvalue weighted by molar-refractivity contribution is 9.10. The largest absolute Gasteiger partial charge is 0.496 e. The molecule has 112 valence electrons. The summed E-state index contributed by atoms with van der Waals surface area (Å²) in [5.74, 6) is 0.739. The average Bonchev–Trinajstić information content (AvgIpc) is 2.38. The monoisotopic (exact) mass is 364 g/mol. The van der Waals surface area contributed by atoms with Crippen molar-refractivity contribution in [2.45, 2.75) is 37.7 Å². The van der Waals surface area contributed by atoms with Crippen molar-refractivity contribution < 1.29 is 13.9 Å². The summed E-state index contributed by atoms with van der Waals surface area (Å²) in [7, 11) is 1.53. The van der Waals surface area contributed by atoms with E-state index >= 15 is 0 Å². The van der Waals surface area contributed by atoms with E-state index in [9.17, 15) is 4.39 Å². The molecule has 1 aliphatic rings. The first-order valence-corrected chi connectivity index (χ1v) is 8.06. The van der Waals surface area contributed by atoms with Crippen molar-refractivity contribution in [2.24, 2.45) is 5.92 Å². The number of hydrogen-bond acceptors (Lipinski definition) is 2. The zero-order valence-electron chi connectivity index (χ0n) is 11.7. The van der Waals surface area contributed by atoms with Crippen LogP contribution >= 0.6 is 27.5 Å². The fourth-order valence-corrected chi connectivity index (χ4v) is 3.41. The first-order chi connectivity index (χ1) is 9.55. The molecule has 1 aromatic carbocycles. The molecule has 1 saturated carbocycles. The minimum Gasteiger partial charge on any atom is -0.496 e. The summed E-state index contributed by atoms with van der Waals surface area (Å²) in [5.41, 5.74) is 0.835. The highest BCUT2D eigenvalue weighted by Crippen LogP contribution is 2.42. The molecule has 0 bridgehead atoms. The van der Waals surface area contributed by atoms with Crippen LogP contribution in [0.15, 0.2) is 16.6 Å². The Balaban J connectivity index is 1.99. The lowest BCUT2D eigenvalue weighted by Gasteiger charge is -2.36. The molecule has 1 unspecified atom stereocenters. The Bertz CT molecular complexity index is 463. The Morgan fingerprint density at radius 1 is 1.45 bits per heavy atom. The minimum atomic E-state index is -0.338. The van der Waals surface area contributed by atoms with Crippen LogP contribution < -0.4 is 4.74 Å². The van der Waals surface area contributed by atoms with E-state index in [0.717, 1.165) is 31.4 Å². The Morgan fingerprint density at radius 3 is 2.75 bits per heavy atom. The molecule has 1 aliphatic carbocycles. The maximum absolute atomic E-state index is 13.5. The third-order valence-electron chi connectivity index (χ3n) is 3.75. The Hall–Kier alpha value is -0.320. The number of benzene rings is 1. The van der Waals surface area contributed by atoms with Gasteiger partial charge >= 0.3 is 0 Å². The van der Waals surface area contributed by atoms with Gasteiger partial charge in [-0.05, 0) is 54.1 Å². The van der Waals surface area contributed by atoms with E-state index < -0.39 is 0 Å². The quantitative estimate of drug-likeness (QED) is 0.654. The van der Waals surface area contributed by atoms with Crippen LogP contribution in [0.3, 0.4) is 0 Å².